The number of methoxy groups -OCH3 is 1. The number of aromatic amines is 1. The van der Waals surface area contributed by atoms with Gasteiger partial charge >= 0.3 is 12.1 Å². The van der Waals surface area contributed by atoms with Crippen LogP contribution >= 0.6 is 0 Å². The molecule has 1 heterocycles. The number of aromatic nitrogens is 1. The summed E-state index contributed by atoms with van der Waals surface area (Å²) in [5, 5.41) is 3.29. The number of nitrogens with one attached hydrogen (secondary N) is 2. The van der Waals surface area contributed by atoms with Gasteiger partial charge in [0, 0.05) is 29.1 Å². The summed E-state index contributed by atoms with van der Waals surface area (Å²) in [6.07, 6.45) is 2.70. The van der Waals surface area contributed by atoms with Crippen LogP contribution in [0.3, 0.4) is 0 Å². The first-order valence-corrected chi connectivity index (χ1v) is 10.2. The van der Waals surface area contributed by atoms with Gasteiger partial charge in [0.05, 0.1) is 7.11 Å². The molecule has 0 unspecified atom stereocenters. The fourth-order valence-corrected chi connectivity index (χ4v) is 3.42. The molecule has 2 aromatic carbocycles. The Balaban J connectivity index is 1.81. The third-order valence-corrected chi connectivity index (χ3v) is 4.89. The van der Waals surface area contributed by atoms with Crippen LogP contribution < -0.4 is 5.32 Å². The highest BCUT2D eigenvalue weighted by atomic mass is 16.6. The van der Waals surface area contributed by atoms with Gasteiger partial charge in [-0.3, -0.25) is 4.79 Å². The lowest BCUT2D eigenvalue weighted by molar-refractivity contribution is -0.143. The van der Waals surface area contributed by atoms with Crippen LogP contribution in [-0.2, 0) is 27.3 Å². The van der Waals surface area contributed by atoms with Gasteiger partial charge in [-0.05, 0) is 37.1 Å². The number of alkyl carbamates (subject to hydrolysis) is 1. The highest BCUT2D eigenvalue weighted by Gasteiger charge is 2.25. The standard InChI is InChI=1S/C25H26N2O5/c1-16(2)12-22(28)19-10-7-11-20-23(19)18(14-26-20)13-21(24(29)31-3)27-25(30)32-15-17-8-5-4-6-9-17/h4-12,14,21,26H,13,15H2,1-3H3,(H,27,30)/t21-/m0/s1. The molecule has 1 amide bonds. The van der Waals surface area contributed by atoms with E-state index in [2.05, 4.69) is 10.3 Å². The van der Waals surface area contributed by atoms with Crippen LogP contribution in [-0.4, -0.2) is 36.0 Å². The van der Waals surface area contributed by atoms with E-state index in [4.69, 9.17) is 9.47 Å². The van der Waals surface area contributed by atoms with Crippen LogP contribution in [0.1, 0.15) is 35.3 Å². The molecule has 1 aromatic heterocycles. The zero-order chi connectivity index (χ0) is 23.1. The predicted octanol–water partition coefficient (Wildman–Crippen LogP) is 4.33. The van der Waals surface area contributed by atoms with Crippen molar-refractivity contribution in [2.75, 3.05) is 7.11 Å². The van der Waals surface area contributed by atoms with Crippen LogP contribution in [0.15, 0.2) is 66.4 Å². The maximum atomic E-state index is 12.7. The molecule has 0 saturated carbocycles. The summed E-state index contributed by atoms with van der Waals surface area (Å²) in [5.41, 5.74) is 3.72. The van der Waals surface area contributed by atoms with Crippen molar-refractivity contribution in [3.63, 3.8) is 0 Å². The Kier molecular flexibility index (Phi) is 7.44. The van der Waals surface area contributed by atoms with Crippen LogP contribution in [0.5, 0.6) is 0 Å². The van der Waals surface area contributed by atoms with E-state index in [0.29, 0.717) is 16.5 Å². The van der Waals surface area contributed by atoms with E-state index in [9.17, 15) is 14.4 Å². The van der Waals surface area contributed by atoms with Crippen molar-refractivity contribution in [1.82, 2.24) is 10.3 Å². The van der Waals surface area contributed by atoms with E-state index in [1.54, 1.807) is 24.4 Å². The molecule has 7 heteroatoms. The number of hydrogen-bond donors (Lipinski definition) is 2. The number of amides is 1. The molecule has 3 aromatic rings. The van der Waals surface area contributed by atoms with Crippen LogP contribution in [0.2, 0.25) is 0 Å². The summed E-state index contributed by atoms with van der Waals surface area (Å²) in [6, 6.07) is 13.7. The number of H-pyrrole nitrogens is 1. The Morgan fingerprint density at radius 2 is 1.81 bits per heavy atom. The fourth-order valence-electron chi connectivity index (χ4n) is 3.42. The number of rotatable bonds is 8. The smallest absolute Gasteiger partial charge is 0.408 e. The van der Waals surface area contributed by atoms with Gasteiger partial charge < -0.3 is 19.8 Å². The third-order valence-electron chi connectivity index (χ3n) is 4.89. The monoisotopic (exact) mass is 434 g/mol. The second kappa shape index (κ2) is 10.4. The number of hydrogen-bond acceptors (Lipinski definition) is 5. The molecular weight excluding hydrogens is 408 g/mol. The highest BCUT2D eigenvalue weighted by Crippen LogP contribution is 2.25. The molecule has 0 saturated heterocycles. The van der Waals surface area contributed by atoms with Gasteiger partial charge in [0.25, 0.3) is 0 Å². The summed E-state index contributed by atoms with van der Waals surface area (Å²) >= 11 is 0. The van der Waals surface area contributed by atoms with Gasteiger partial charge in [0.2, 0.25) is 0 Å². The number of carbonyl (C=O) groups excluding carboxylic acids is 3. The lowest BCUT2D eigenvalue weighted by Gasteiger charge is -2.16. The van der Waals surface area contributed by atoms with E-state index in [1.165, 1.54) is 7.11 Å². The predicted molar refractivity (Wildman–Crippen MR) is 121 cm³/mol. The Labute approximate surface area is 186 Å². The quantitative estimate of drug-likeness (QED) is 0.312. The molecule has 1 atom stereocenters. The van der Waals surface area contributed by atoms with Gasteiger partial charge in [-0.15, -0.1) is 0 Å². The molecule has 0 aliphatic heterocycles. The first-order chi connectivity index (χ1) is 15.4. The van der Waals surface area contributed by atoms with Crippen molar-refractivity contribution in [1.29, 1.82) is 0 Å². The molecule has 3 rings (SSSR count). The van der Waals surface area contributed by atoms with Gasteiger partial charge in [-0.2, -0.15) is 0 Å². The second-order valence-electron chi connectivity index (χ2n) is 7.61. The zero-order valence-corrected chi connectivity index (χ0v) is 18.3. The number of benzene rings is 2. The molecule has 0 aliphatic rings. The Morgan fingerprint density at radius 1 is 1.06 bits per heavy atom. The molecule has 7 nitrogen and oxygen atoms in total. The second-order valence-corrected chi connectivity index (χ2v) is 7.61. The minimum atomic E-state index is -0.978. The minimum Gasteiger partial charge on any atom is -0.467 e. The zero-order valence-electron chi connectivity index (χ0n) is 18.3. The minimum absolute atomic E-state index is 0.0784. The average molecular weight is 434 g/mol. The Bertz CT molecular complexity index is 1140. The maximum Gasteiger partial charge on any atom is 0.408 e. The average Bonchev–Trinajstić information content (AvgIpc) is 3.20. The van der Waals surface area contributed by atoms with Crippen LogP contribution in [0.4, 0.5) is 4.79 Å². The van der Waals surface area contributed by atoms with Crippen molar-refractivity contribution in [3.8, 4) is 0 Å². The number of allylic oxidation sites excluding steroid dienone is 2. The molecule has 0 fully saturated rings. The lowest BCUT2D eigenvalue weighted by Crippen LogP contribution is -2.43. The number of esters is 1. The number of ether oxygens (including phenoxy) is 2. The molecule has 0 spiro atoms. The first kappa shape index (κ1) is 22.8. The van der Waals surface area contributed by atoms with E-state index in [1.807, 2.05) is 50.2 Å². The Hall–Kier alpha value is -3.87. The molecule has 166 valence electrons. The van der Waals surface area contributed by atoms with E-state index < -0.39 is 18.1 Å². The highest BCUT2D eigenvalue weighted by molar-refractivity contribution is 6.14. The van der Waals surface area contributed by atoms with E-state index >= 15 is 0 Å². The van der Waals surface area contributed by atoms with Crippen LogP contribution in [0.25, 0.3) is 10.9 Å². The normalized spacial score (nSPS) is 11.5. The molecule has 0 bridgehead atoms. The topological polar surface area (TPSA) is 97.5 Å². The number of ketones is 1. The molecule has 0 radical (unpaired) electrons. The van der Waals surface area contributed by atoms with Crippen molar-refractivity contribution in [2.45, 2.75) is 32.9 Å². The third kappa shape index (κ3) is 5.63. The Morgan fingerprint density at radius 3 is 2.50 bits per heavy atom. The summed E-state index contributed by atoms with van der Waals surface area (Å²) in [4.78, 5) is 40.5. The SMILES string of the molecule is COC(=O)[C@H](Cc1c[nH]c2cccc(C(=O)C=C(C)C)c12)NC(=O)OCc1ccccc1. The van der Waals surface area contributed by atoms with Crippen molar-refractivity contribution < 1.29 is 23.9 Å². The summed E-state index contributed by atoms with van der Waals surface area (Å²) in [7, 11) is 1.26. The number of fused-ring (bicyclic) bond motifs is 1. The van der Waals surface area contributed by atoms with Crippen molar-refractivity contribution in [2.24, 2.45) is 0 Å². The maximum absolute atomic E-state index is 12.7. The number of carbonyl (C=O) groups is 3. The van der Waals surface area contributed by atoms with Gasteiger partial charge in [-0.25, -0.2) is 9.59 Å². The van der Waals surface area contributed by atoms with Gasteiger partial charge in [-0.1, -0.05) is 48.0 Å². The summed E-state index contributed by atoms with van der Waals surface area (Å²) < 4.78 is 10.1. The fraction of sp³-hybridized carbons (Fsp3) is 0.240. The largest absolute Gasteiger partial charge is 0.467 e. The summed E-state index contributed by atoms with van der Waals surface area (Å²) in [5.74, 6) is -0.731. The van der Waals surface area contributed by atoms with Crippen molar-refractivity contribution >= 4 is 28.7 Å². The molecule has 2 N–H and O–H groups in total. The van der Waals surface area contributed by atoms with Gasteiger partial charge in [0.15, 0.2) is 5.78 Å². The van der Waals surface area contributed by atoms with E-state index in [0.717, 1.165) is 16.7 Å². The van der Waals surface area contributed by atoms with E-state index in [-0.39, 0.29) is 18.8 Å². The van der Waals surface area contributed by atoms with Crippen LogP contribution in [0, 0.1) is 0 Å². The first-order valence-electron chi connectivity index (χ1n) is 10.2. The van der Waals surface area contributed by atoms with Gasteiger partial charge in [0.1, 0.15) is 12.6 Å². The molecule has 32 heavy (non-hydrogen) atoms. The molecule has 0 aliphatic carbocycles. The summed E-state index contributed by atoms with van der Waals surface area (Å²) in [6.45, 7) is 3.79. The lowest BCUT2D eigenvalue weighted by atomic mass is 9.98. The van der Waals surface area contributed by atoms with Crippen molar-refractivity contribution in [3.05, 3.63) is 83.1 Å². The molecular formula is C25H26N2O5.